The summed E-state index contributed by atoms with van der Waals surface area (Å²) in [5.74, 6) is -0.345. The smallest absolute Gasteiger partial charge is 0.269 e. The first-order valence-electron chi connectivity index (χ1n) is 6.91. The highest BCUT2D eigenvalue weighted by Crippen LogP contribution is 2.24. The van der Waals surface area contributed by atoms with E-state index in [0.29, 0.717) is 17.5 Å². The maximum Gasteiger partial charge on any atom is 0.269 e. The Morgan fingerprint density at radius 1 is 1.26 bits per heavy atom. The van der Waals surface area contributed by atoms with E-state index in [0.717, 1.165) is 12.7 Å². The molecule has 122 valence electrons. The molecule has 1 amide bonds. The van der Waals surface area contributed by atoms with E-state index >= 15 is 0 Å². The molecule has 0 saturated heterocycles. The van der Waals surface area contributed by atoms with Gasteiger partial charge in [-0.25, -0.2) is 4.98 Å². The van der Waals surface area contributed by atoms with E-state index < -0.39 is 6.10 Å². The first kappa shape index (κ1) is 18.5. The number of ether oxygens (including phenoxy) is 1. The molecule has 2 N–H and O–H groups in total. The number of amides is 1. The zero-order valence-corrected chi connectivity index (χ0v) is 13.3. The second-order valence-electron chi connectivity index (χ2n) is 4.43. The van der Waals surface area contributed by atoms with Gasteiger partial charge in [0.1, 0.15) is 18.1 Å². The largest absolute Gasteiger partial charge is 0.400 e. The van der Waals surface area contributed by atoms with Crippen LogP contribution >= 0.6 is 0 Å². The van der Waals surface area contributed by atoms with E-state index in [-0.39, 0.29) is 11.6 Å². The average Bonchev–Trinajstić information content (AvgIpc) is 2.64. The highest BCUT2D eigenvalue weighted by atomic mass is 16.5. The van der Waals surface area contributed by atoms with E-state index in [1.807, 2.05) is 30.3 Å². The summed E-state index contributed by atoms with van der Waals surface area (Å²) < 4.78 is 5.48. The number of aldehydes is 1. The van der Waals surface area contributed by atoms with Crippen LogP contribution in [0.1, 0.15) is 38.2 Å². The maximum absolute atomic E-state index is 11.8. The van der Waals surface area contributed by atoms with Crippen LogP contribution in [0.3, 0.4) is 0 Å². The molecule has 0 bridgehead atoms. The van der Waals surface area contributed by atoms with Crippen molar-refractivity contribution in [2.24, 2.45) is 0 Å². The Morgan fingerprint density at radius 2 is 1.91 bits per heavy atom. The van der Waals surface area contributed by atoms with Gasteiger partial charge in [0.15, 0.2) is 0 Å². The van der Waals surface area contributed by atoms with Crippen LogP contribution in [0.25, 0.3) is 0 Å². The van der Waals surface area contributed by atoms with Crippen molar-refractivity contribution in [2.75, 3.05) is 21.3 Å². The number of nitrogens with one attached hydrogen (secondary N) is 1. The van der Waals surface area contributed by atoms with Crippen LogP contribution in [-0.4, -0.2) is 43.6 Å². The van der Waals surface area contributed by atoms with E-state index in [2.05, 4.69) is 10.3 Å². The monoisotopic (exact) mass is 316 g/mol. The minimum atomic E-state index is -0.436. The zero-order chi connectivity index (χ0) is 17.2. The number of rotatable bonds is 5. The van der Waals surface area contributed by atoms with Gasteiger partial charge in [-0.05, 0) is 17.7 Å². The molecule has 0 radical (unpaired) electrons. The summed E-state index contributed by atoms with van der Waals surface area (Å²) in [7, 11) is 4.08. The minimum Gasteiger partial charge on any atom is -0.400 e. The first-order valence-corrected chi connectivity index (χ1v) is 6.91. The molecule has 23 heavy (non-hydrogen) atoms. The van der Waals surface area contributed by atoms with Gasteiger partial charge < -0.3 is 15.2 Å². The number of hydrogen-bond acceptors (Lipinski definition) is 5. The number of aliphatic hydroxyl groups excluding tert-OH is 1. The van der Waals surface area contributed by atoms with E-state index in [9.17, 15) is 9.59 Å². The molecule has 1 atom stereocenters. The molecule has 0 spiro atoms. The predicted octanol–water partition coefficient (Wildman–Crippen LogP) is 1.60. The molecule has 1 aromatic carbocycles. The molecule has 0 fully saturated rings. The summed E-state index contributed by atoms with van der Waals surface area (Å²) in [6.45, 7) is 0. The summed E-state index contributed by atoms with van der Waals surface area (Å²) in [6.07, 6.45) is 0.254. The van der Waals surface area contributed by atoms with E-state index in [4.69, 9.17) is 9.84 Å². The van der Waals surface area contributed by atoms with Crippen molar-refractivity contribution in [3.63, 3.8) is 0 Å². The molecule has 6 heteroatoms. The quantitative estimate of drug-likeness (QED) is 0.818. The number of methoxy groups -OCH3 is 1. The second kappa shape index (κ2) is 9.45. The highest BCUT2D eigenvalue weighted by molar-refractivity contribution is 5.93. The van der Waals surface area contributed by atoms with Crippen molar-refractivity contribution >= 4 is 12.2 Å². The molecule has 0 saturated carbocycles. The van der Waals surface area contributed by atoms with Gasteiger partial charge in [0.2, 0.25) is 0 Å². The Bertz CT molecular complexity index is 644. The molecular formula is C17H20N2O4. The fourth-order valence-electron chi connectivity index (χ4n) is 2.08. The fourth-order valence-corrected chi connectivity index (χ4v) is 2.08. The van der Waals surface area contributed by atoms with Gasteiger partial charge in [-0.1, -0.05) is 30.3 Å². The summed E-state index contributed by atoms with van der Waals surface area (Å²) in [6, 6.07) is 12.6. The van der Waals surface area contributed by atoms with Crippen molar-refractivity contribution < 1.29 is 19.4 Å². The van der Waals surface area contributed by atoms with Crippen LogP contribution in [0.4, 0.5) is 0 Å². The number of nitrogens with zero attached hydrogens (tertiary/aromatic N) is 1. The fraction of sp³-hybridized carbons (Fsp3) is 0.235. The zero-order valence-electron chi connectivity index (χ0n) is 13.3. The third-order valence-electron chi connectivity index (χ3n) is 3.07. The normalized spacial score (nSPS) is 11.0. The number of aromatic nitrogens is 1. The van der Waals surface area contributed by atoms with E-state index in [1.165, 1.54) is 13.1 Å². The van der Waals surface area contributed by atoms with Gasteiger partial charge in [-0.3, -0.25) is 9.59 Å². The second-order valence-corrected chi connectivity index (χ2v) is 4.43. The molecule has 1 aromatic heterocycles. The van der Waals surface area contributed by atoms with Crippen molar-refractivity contribution in [1.29, 1.82) is 0 Å². The molecule has 0 aliphatic rings. The van der Waals surface area contributed by atoms with Crippen LogP contribution in [-0.2, 0) is 4.74 Å². The lowest BCUT2D eigenvalue weighted by molar-refractivity contribution is 0.0955. The number of carbonyl (C=O) groups excluding carboxylic acids is 2. The van der Waals surface area contributed by atoms with Gasteiger partial charge in [-0.2, -0.15) is 0 Å². The SMILES string of the molecule is CNC(=O)c1cc(C=O)cc(C(OC)c2ccccc2)n1.CO. The lowest BCUT2D eigenvalue weighted by Gasteiger charge is -2.16. The Labute approximate surface area is 135 Å². The van der Waals surface area contributed by atoms with Crippen LogP contribution in [0.2, 0.25) is 0 Å². The Kier molecular flexibility index (Phi) is 7.59. The number of pyridine rings is 1. The molecule has 1 heterocycles. The topological polar surface area (TPSA) is 88.5 Å². The number of benzene rings is 1. The lowest BCUT2D eigenvalue weighted by atomic mass is 10.0. The molecule has 2 aromatic rings. The summed E-state index contributed by atoms with van der Waals surface area (Å²) in [4.78, 5) is 27.1. The lowest BCUT2D eigenvalue weighted by Crippen LogP contribution is -2.21. The maximum atomic E-state index is 11.8. The number of hydrogen-bond donors (Lipinski definition) is 2. The molecule has 1 unspecified atom stereocenters. The molecule has 0 aliphatic carbocycles. The predicted molar refractivity (Wildman–Crippen MR) is 86.5 cm³/mol. The van der Waals surface area contributed by atoms with Crippen LogP contribution in [0, 0.1) is 0 Å². The molecule has 0 aliphatic heterocycles. The Balaban J connectivity index is 0.00000127. The van der Waals surface area contributed by atoms with Gasteiger partial charge in [0.05, 0.1) is 5.69 Å². The average molecular weight is 316 g/mol. The van der Waals surface area contributed by atoms with Gasteiger partial charge in [0, 0.05) is 26.8 Å². The standard InChI is InChI=1S/C16H16N2O3.CH4O/c1-17-16(20)14-9-11(10-19)8-13(18-14)15(21-2)12-6-4-3-5-7-12;1-2/h3-10,15H,1-2H3,(H,17,20);2H,1H3. The first-order chi connectivity index (χ1) is 11.2. The van der Waals surface area contributed by atoms with Crippen molar-refractivity contribution in [2.45, 2.75) is 6.10 Å². The summed E-state index contributed by atoms with van der Waals surface area (Å²) in [5.41, 5.74) is 2.00. The van der Waals surface area contributed by atoms with Crippen LogP contribution in [0.5, 0.6) is 0 Å². The van der Waals surface area contributed by atoms with Crippen molar-refractivity contribution in [3.8, 4) is 0 Å². The van der Waals surface area contributed by atoms with E-state index in [1.54, 1.807) is 13.2 Å². The number of carbonyl (C=O) groups is 2. The molecule has 2 rings (SSSR count). The van der Waals surface area contributed by atoms with Gasteiger partial charge in [-0.15, -0.1) is 0 Å². The van der Waals surface area contributed by atoms with Crippen LogP contribution in [0.15, 0.2) is 42.5 Å². The Hall–Kier alpha value is -2.57. The molecular weight excluding hydrogens is 296 g/mol. The van der Waals surface area contributed by atoms with Crippen molar-refractivity contribution in [3.05, 3.63) is 65.0 Å². The highest BCUT2D eigenvalue weighted by Gasteiger charge is 2.18. The minimum absolute atomic E-state index is 0.190. The summed E-state index contributed by atoms with van der Waals surface area (Å²) >= 11 is 0. The van der Waals surface area contributed by atoms with Crippen LogP contribution < -0.4 is 5.32 Å². The third kappa shape index (κ3) is 4.70. The van der Waals surface area contributed by atoms with Crippen molar-refractivity contribution in [1.82, 2.24) is 10.3 Å². The van der Waals surface area contributed by atoms with Gasteiger partial charge >= 0.3 is 0 Å². The van der Waals surface area contributed by atoms with Gasteiger partial charge in [0.25, 0.3) is 5.91 Å². The summed E-state index contributed by atoms with van der Waals surface area (Å²) in [5, 5.41) is 9.50. The number of aliphatic hydroxyl groups is 1. The third-order valence-corrected chi connectivity index (χ3v) is 3.07. The molecule has 6 nitrogen and oxygen atoms in total. The Morgan fingerprint density at radius 3 is 2.43 bits per heavy atom.